The van der Waals surface area contributed by atoms with Crippen molar-refractivity contribution in [2.24, 2.45) is 0 Å². The Morgan fingerprint density at radius 2 is 1.96 bits per heavy atom. The Kier molecular flexibility index (Phi) is 5.96. The average molecular weight is 367 g/mol. The number of thiazole rings is 1. The van der Waals surface area contributed by atoms with E-state index in [0.29, 0.717) is 17.1 Å². The smallest absolute Gasteiger partial charge is 0.303 e. The van der Waals surface area contributed by atoms with E-state index in [2.05, 4.69) is 10.3 Å². The predicted octanol–water partition coefficient (Wildman–Crippen LogP) is 3.77. The van der Waals surface area contributed by atoms with Crippen molar-refractivity contribution in [2.75, 3.05) is 0 Å². The van der Waals surface area contributed by atoms with Gasteiger partial charge in [0.05, 0.1) is 12.1 Å². The number of amides is 1. The first kappa shape index (κ1) is 18.4. The van der Waals surface area contributed by atoms with Crippen LogP contribution in [0.5, 0.6) is 0 Å². The van der Waals surface area contributed by atoms with Gasteiger partial charge < -0.3 is 10.4 Å². The van der Waals surface area contributed by atoms with Crippen LogP contribution in [0.15, 0.2) is 29.6 Å². The quantitative estimate of drug-likeness (QED) is 0.781. The number of carboxylic acid groups (broad SMARTS) is 1. The Morgan fingerprint density at radius 1 is 1.29 bits per heavy atom. The minimum atomic E-state index is -0.871. The zero-order valence-electron chi connectivity index (χ0n) is 13.5. The van der Waals surface area contributed by atoms with E-state index in [0.717, 1.165) is 10.6 Å². The minimum absolute atomic E-state index is 0.0185. The predicted molar refractivity (Wildman–Crippen MR) is 95.4 cm³/mol. The summed E-state index contributed by atoms with van der Waals surface area (Å²) in [6.07, 6.45) is 0.562. The van der Waals surface area contributed by atoms with E-state index in [1.807, 2.05) is 31.4 Å². The highest BCUT2D eigenvalue weighted by Crippen LogP contribution is 2.25. The van der Waals surface area contributed by atoms with E-state index in [4.69, 9.17) is 16.7 Å². The molecule has 0 bridgehead atoms. The van der Waals surface area contributed by atoms with Gasteiger partial charge in [0.25, 0.3) is 0 Å². The SMILES string of the molecule is CC(C)(CCC(=O)O)NC(=O)Cc1csc(-c2ccc(Cl)cc2)n1. The van der Waals surface area contributed by atoms with Gasteiger partial charge in [-0.1, -0.05) is 23.7 Å². The summed E-state index contributed by atoms with van der Waals surface area (Å²) in [4.78, 5) is 27.3. The number of rotatable bonds is 7. The largest absolute Gasteiger partial charge is 0.481 e. The van der Waals surface area contributed by atoms with E-state index in [1.165, 1.54) is 11.3 Å². The molecule has 1 aromatic carbocycles. The number of carbonyl (C=O) groups excluding carboxylic acids is 1. The minimum Gasteiger partial charge on any atom is -0.481 e. The summed E-state index contributed by atoms with van der Waals surface area (Å²) in [5.74, 6) is -1.04. The van der Waals surface area contributed by atoms with Crippen LogP contribution in [0.25, 0.3) is 10.6 Å². The van der Waals surface area contributed by atoms with Gasteiger partial charge in [0, 0.05) is 27.9 Å². The Morgan fingerprint density at radius 3 is 2.58 bits per heavy atom. The molecule has 0 aliphatic carbocycles. The lowest BCUT2D eigenvalue weighted by atomic mass is 9.98. The second kappa shape index (κ2) is 7.77. The number of carbonyl (C=O) groups is 2. The number of benzene rings is 1. The number of nitrogens with one attached hydrogen (secondary N) is 1. The van der Waals surface area contributed by atoms with Crippen LogP contribution in [0.1, 0.15) is 32.4 Å². The van der Waals surface area contributed by atoms with Crippen LogP contribution in [-0.2, 0) is 16.0 Å². The lowest BCUT2D eigenvalue weighted by Crippen LogP contribution is -2.44. The van der Waals surface area contributed by atoms with E-state index >= 15 is 0 Å². The van der Waals surface area contributed by atoms with Crippen molar-refractivity contribution in [3.63, 3.8) is 0 Å². The molecule has 2 rings (SSSR count). The Labute approximate surface area is 149 Å². The Hall–Kier alpha value is -1.92. The number of nitrogens with zero attached hydrogens (tertiary/aromatic N) is 1. The maximum Gasteiger partial charge on any atom is 0.303 e. The standard InChI is InChI=1S/C17H19ClN2O3S/c1-17(2,8-7-15(22)23)20-14(21)9-13-10-24-16(19-13)11-3-5-12(18)6-4-11/h3-6,10H,7-9H2,1-2H3,(H,20,21)(H,22,23). The van der Waals surface area contributed by atoms with Crippen LogP contribution in [-0.4, -0.2) is 27.5 Å². The van der Waals surface area contributed by atoms with E-state index in [9.17, 15) is 9.59 Å². The van der Waals surface area contributed by atoms with Crippen molar-refractivity contribution in [1.29, 1.82) is 0 Å². The first-order valence-electron chi connectivity index (χ1n) is 7.48. The fraction of sp³-hybridized carbons (Fsp3) is 0.353. The van der Waals surface area contributed by atoms with E-state index < -0.39 is 11.5 Å². The molecule has 0 aliphatic heterocycles. The van der Waals surface area contributed by atoms with Gasteiger partial charge in [-0.3, -0.25) is 9.59 Å². The molecule has 0 radical (unpaired) electrons. The van der Waals surface area contributed by atoms with Gasteiger partial charge in [-0.15, -0.1) is 11.3 Å². The Bertz CT molecular complexity index is 726. The van der Waals surface area contributed by atoms with Crippen molar-refractivity contribution in [3.8, 4) is 10.6 Å². The third kappa shape index (κ3) is 5.62. The summed E-state index contributed by atoms with van der Waals surface area (Å²) >= 11 is 7.34. The maximum absolute atomic E-state index is 12.2. The molecular weight excluding hydrogens is 348 g/mol. The number of aromatic nitrogens is 1. The monoisotopic (exact) mass is 366 g/mol. The van der Waals surface area contributed by atoms with Crippen LogP contribution in [0.4, 0.5) is 0 Å². The van der Waals surface area contributed by atoms with Crippen LogP contribution < -0.4 is 5.32 Å². The molecule has 7 heteroatoms. The first-order chi connectivity index (χ1) is 11.2. The highest BCUT2D eigenvalue weighted by atomic mass is 35.5. The molecule has 2 aromatic rings. The van der Waals surface area contributed by atoms with E-state index in [-0.39, 0.29) is 18.7 Å². The number of aliphatic carboxylic acids is 1. The highest BCUT2D eigenvalue weighted by Gasteiger charge is 2.22. The van der Waals surface area contributed by atoms with Gasteiger partial charge in [0.15, 0.2) is 0 Å². The van der Waals surface area contributed by atoms with Crippen molar-refractivity contribution >= 4 is 34.8 Å². The number of halogens is 1. The topological polar surface area (TPSA) is 79.3 Å². The molecular formula is C17H19ClN2O3S. The molecule has 128 valence electrons. The molecule has 1 heterocycles. The normalized spacial score (nSPS) is 11.3. The molecule has 0 atom stereocenters. The second-order valence-corrected chi connectivity index (χ2v) is 7.45. The second-order valence-electron chi connectivity index (χ2n) is 6.15. The molecule has 5 nitrogen and oxygen atoms in total. The van der Waals surface area contributed by atoms with Crippen molar-refractivity contribution < 1.29 is 14.7 Å². The van der Waals surface area contributed by atoms with Gasteiger partial charge in [-0.05, 0) is 32.4 Å². The summed E-state index contributed by atoms with van der Waals surface area (Å²) in [5.41, 5.74) is 1.08. The molecule has 0 saturated heterocycles. The van der Waals surface area contributed by atoms with Crippen LogP contribution in [0.2, 0.25) is 5.02 Å². The van der Waals surface area contributed by atoms with Gasteiger partial charge >= 0.3 is 5.97 Å². The molecule has 1 aromatic heterocycles. The molecule has 0 fully saturated rings. The van der Waals surface area contributed by atoms with Gasteiger partial charge in [-0.2, -0.15) is 0 Å². The molecule has 1 amide bonds. The molecule has 0 aliphatic rings. The van der Waals surface area contributed by atoms with Crippen LogP contribution in [0, 0.1) is 0 Å². The van der Waals surface area contributed by atoms with Gasteiger partial charge in [-0.25, -0.2) is 4.98 Å². The molecule has 0 unspecified atom stereocenters. The van der Waals surface area contributed by atoms with Crippen molar-refractivity contribution in [2.45, 2.75) is 38.6 Å². The van der Waals surface area contributed by atoms with Gasteiger partial charge in [0.1, 0.15) is 5.01 Å². The zero-order chi connectivity index (χ0) is 17.7. The molecule has 0 spiro atoms. The van der Waals surface area contributed by atoms with Crippen LogP contribution in [0.3, 0.4) is 0 Å². The fourth-order valence-corrected chi connectivity index (χ4v) is 3.13. The summed E-state index contributed by atoms with van der Waals surface area (Å²) in [7, 11) is 0. The summed E-state index contributed by atoms with van der Waals surface area (Å²) in [6, 6.07) is 7.38. The fourth-order valence-electron chi connectivity index (χ4n) is 2.18. The Balaban J connectivity index is 1.95. The first-order valence-corrected chi connectivity index (χ1v) is 8.74. The molecule has 24 heavy (non-hydrogen) atoms. The van der Waals surface area contributed by atoms with Gasteiger partial charge in [0.2, 0.25) is 5.91 Å². The van der Waals surface area contributed by atoms with Crippen LogP contribution >= 0.6 is 22.9 Å². The number of hydrogen-bond acceptors (Lipinski definition) is 4. The third-order valence-electron chi connectivity index (χ3n) is 3.43. The summed E-state index contributed by atoms with van der Waals surface area (Å²) in [5, 5.41) is 15.0. The lowest BCUT2D eigenvalue weighted by molar-refractivity contribution is -0.137. The third-order valence-corrected chi connectivity index (χ3v) is 4.62. The van der Waals surface area contributed by atoms with Crippen molar-refractivity contribution in [3.05, 3.63) is 40.4 Å². The highest BCUT2D eigenvalue weighted by molar-refractivity contribution is 7.13. The average Bonchev–Trinajstić information content (AvgIpc) is 2.94. The molecule has 0 saturated carbocycles. The maximum atomic E-state index is 12.2. The van der Waals surface area contributed by atoms with E-state index in [1.54, 1.807) is 12.1 Å². The van der Waals surface area contributed by atoms with Crippen molar-refractivity contribution in [1.82, 2.24) is 10.3 Å². The molecule has 2 N–H and O–H groups in total. The summed E-state index contributed by atoms with van der Waals surface area (Å²) in [6.45, 7) is 3.63. The number of carboxylic acids is 1. The lowest BCUT2D eigenvalue weighted by Gasteiger charge is -2.25. The summed E-state index contributed by atoms with van der Waals surface area (Å²) < 4.78 is 0. The number of hydrogen-bond donors (Lipinski definition) is 2. The zero-order valence-corrected chi connectivity index (χ0v) is 15.1.